The number of rotatable bonds is 8. The van der Waals surface area contributed by atoms with Gasteiger partial charge in [0.15, 0.2) is 0 Å². The fourth-order valence-electron chi connectivity index (χ4n) is 5.21. The molecule has 7 nitrogen and oxygen atoms in total. The molecular formula is C27H28F6N4O3. The van der Waals surface area contributed by atoms with E-state index in [2.05, 4.69) is 27.6 Å². The molecule has 2 aromatic carbocycles. The first kappa shape index (κ1) is 29.6. The number of aromatic nitrogens is 3. The van der Waals surface area contributed by atoms with Crippen LogP contribution in [0.4, 0.5) is 26.3 Å². The Morgan fingerprint density at radius 3 is 2.27 bits per heavy atom. The van der Waals surface area contributed by atoms with Crippen LogP contribution < -0.4 is 11.0 Å². The van der Waals surface area contributed by atoms with Gasteiger partial charge in [0.25, 0.3) is 0 Å². The van der Waals surface area contributed by atoms with Crippen molar-refractivity contribution in [1.82, 2.24) is 20.1 Å². The first-order valence-electron chi connectivity index (χ1n) is 12.5. The second-order valence-electron chi connectivity index (χ2n) is 10.2. The van der Waals surface area contributed by atoms with E-state index in [-0.39, 0.29) is 31.2 Å². The molecule has 3 aromatic rings. The Morgan fingerprint density at radius 2 is 1.80 bits per heavy atom. The molecule has 1 saturated heterocycles. The van der Waals surface area contributed by atoms with Crippen molar-refractivity contribution in [3.63, 3.8) is 0 Å². The van der Waals surface area contributed by atoms with Crippen LogP contribution in [-0.2, 0) is 28.2 Å². The van der Waals surface area contributed by atoms with Crippen molar-refractivity contribution >= 4 is 0 Å². The van der Waals surface area contributed by atoms with Gasteiger partial charge >= 0.3 is 18.0 Å². The standard InChI is InChI=1S/C27H28F6N4O3/c1-17(38)13-24(37-16-35-36-23(37)39)8-9-25(34-14-24,20-6-4-3-5-7-20)15-40-18(2)19-10-21(26(28,29)30)12-22(11-19)27(31,32)33/h3-4,6,10-12,16-18,34,38H,8-9,13-15H2,1-2H3,(H,36,39)/t17-,18+,24+,25+/m0/s1. The highest BCUT2D eigenvalue weighted by molar-refractivity contribution is 5.35. The minimum Gasteiger partial charge on any atom is -0.393 e. The van der Waals surface area contributed by atoms with Gasteiger partial charge in [-0.3, -0.25) is 4.57 Å². The van der Waals surface area contributed by atoms with Gasteiger partial charge in [0.2, 0.25) is 0 Å². The lowest BCUT2D eigenvalue weighted by molar-refractivity contribution is -0.143. The molecule has 1 aromatic heterocycles. The van der Waals surface area contributed by atoms with Gasteiger partial charge in [0.1, 0.15) is 6.33 Å². The molecule has 13 heteroatoms. The highest BCUT2D eigenvalue weighted by Gasteiger charge is 2.46. The number of nitrogens with zero attached hydrogens (tertiary/aromatic N) is 2. The molecule has 0 spiro atoms. The third kappa shape index (κ3) is 6.19. The number of aromatic amines is 1. The van der Waals surface area contributed by atoms with Crippen LogP contribution in [0, 0.1) is 12.1 Å². The van der Waals surface area contributed by atoms with Crippen LogP contribution in [0.5, 0.6) is 0 Å². The highest BCUT2D eigenvalue weighted by Crippen LogP contribution is 2.41. The second kappa shape index (κ2) is 10.9. The monoisotopic (exact) mass is 570 g/mol. The fraction of sp³-hybridized carbons (Fsp3) is 0.481. The van der Waals surface area contributed by atoms with E-state index in [0.29, 0.717) is 30.5 Å². The molecule has 2 heterocycles. The number of piperidine rings is 1. The van der Waals surface area contributed by atoms with Crippen LogP contribution in [0.15, 0.2) is 47.5 Å². The van der Waals surface area contributed by atoms with Crippen molar-refractivity contribution in [2.45, 2.75) is 68.7 Å². The Hall–Kier alpha value is -3.34. The summed E-state index contributed by atoms with van der Waals surface area (Å²) in [5.41, 5.74) is -4.76. The lowest BCUT2D eigenvalue weighted by atomic mass is 9.74. The Bertz CT molecular complexity index is 1310. The number of aliphatic hydroxyl groups is 1. The number of halogens is 6. The summed E-state index contributed by atoms with van der Waals surface area (Å²) in [5.74, 6) is 0. The normalized spacial score (nSPS) is 23.4. The molecule has 40 heavy (non-hydrogen) atoms. The number of hydrogen-bond acceptors (Lipinski definition) is 5. The van der Waals surface area contributed by atoms with Gasteiger partial charge in [0.05, 0.1) is 41.0 Å². The molecule has 3 N–H and O–H groups in total. The number of nitrogens with one attached hydrogen (secondary N) is 2. The van der Waals surface area contributed by atoms with Gasteiger partial charge in [-0.2, -0.15) is 31.4 Å². The van der Waals surface area contributed by atoms with E-state index in [4.69, 9.17) is 4.74 Å². The summed E-state index contributed by atoms with van der Waals surface area (Å²) in [7, 11) is 0. The van der Waals surface area contributed by atoms with Crippen LogP contribution >= 0.6 is 0 Å². The van der Waals surface area contributed by atoms with Crippen molar-refractivity contribution in [2.24, 2.45) is 0 Å². The number of aliphatic hydroxyl groups excluding tert-OH is 1. The number of H-pyrrole nitrogens is 1. The first-order chi connectivity index (χ1) is 18.7. The van der Waals surface area contributed by atoms with E-state index in [1.165, 1.54) is 17.8 Å². The maximum atomic E-state index is 13.4. The van der Waals surface area contributed by atoms with Crippen molar-refractivity contribution in [1.29, 1.82) is 0 Å². The molecule has 0 amide bonds. The van der Waals surface area contributed by atoms with E-state index in [0.717, 1.165) is 0 Å². The summed E-state index contributed by atoms with van der Waals surface area (Å²) >= 11 is 0. The number of benzene rings is 1. The molecule has 1 aliphatic heterocycles. The molecule has 0 radical (unpaired) electrons. The van der Waals surface area contributed by atoms with E-state index < -0.39 is 52.5 Å². The molecule has 0 bridgehead atoms. The Kier molecular flexibility index (Phi) is 8.08. The van der Waals surface area contributed by atoms with E-state index >= 15 is 0 Å². The maximum Gasteiger partial charge on any atom is 0.416 e. The summed E-state index contributed by atoms with van der Waals surface area (Å²) < 4.78 is 87.7. The van der Waals surface area contributed by atoms with Gasteiger partial charge < -0.3 is 15.2 Å². The predicted molar refractivity (Wildman–Crippen MR) is 131 cm³/mol. The minimum absolute atomic E-state index is 0.0781. The van der Waals surface area contributed by atoms with Crippen molar-refractivity contribution < 1.29 is 36.2 Å². The van der Waals surface area contributed by atoms with Gasteiger partial charge in [-0.25, -0.2) is 9.89 Å². The number of alkyl halides is 6. The lowest BCUT2D eigenvalue weighted by Gasteiger charge is -2.48. The molecule has 0 saturated carbocycles. The zero-order chi connectivity index (χ0) is 29.3. The first-order valence-corrected chi connectivity index (χ1v) is 12.5. The molecule has 0 unspecified atom stereocenters. The van der Waals surface area contributed by atoms with Gasteiger partial charge in [0, 0.05) is 12.1 Å². The summed E-state index contributed by atoms with van der Waals surface area (Å²) in [6, 6.07) is 12.4. The molecule has 1 fully saturated rings. The van der Waals surface area contributed by atoms with Crippen LogP contribution in [0.2, 0.25) is 0 Å². The van der Waals surface area contributed by atoms with E-state index in [1.54, 1.807) is 25.1 Å². The Morgan fingerprint density at radius 1 is 1.12 bits per heavy atom. The van der Waals surface area contributed by atoms with Crippen LogP contribution in [0.1, 0.15) is 61.5 Å². The zero-order valence-corrected chi connectivity index (χ0v) is 21.7. The third-order valence-corrected chi connectivity index (χ3v) is 7.34. The summed E-state index contributed by atoms with van der Waals surface area (Å²) in [6.07, 6.45) is -9.57. The van der Waals surface area contributed by atoms with Gasteiger partial charge in [-0.15, -0.1) is 0 Å². The van der Waals surface area contributed by atoms with Crippen LogP contribution in [0.25, 0.3) is 0 Å². The Balaban J connectivity index is 1.64. The van der Waals surface area contributed by atoms with E-state index in [1.807, 2.05) is 0 Å². The summed E-state index contributed by atoms with van der Waals surface area (Å²) in [5, 5.41) is 19.8. The lowest BCUT2D eigenvalue weighted by Crippen LogP contribution is -2.60. The molecule has 0 aliphatic carbocycles. The predicted octanol–water partition coefficient (Wildman–Crippen LogP) is 4.73. The number of hydrogen-bond donors (Lipinski definition) is 3. The Labute approximate surface area is 226 Å². The number of ether oxygens (including phenoxy) is 1. The maximum absolute atomic E-state index is 13.4. The summed E-state index contributed by atoms with van der Waals surface area (Å²) in [6.45, 7) is 3.03. The fourth-order valence-corrected chi connectivity index (χ4v) is 5.21. The molecular weight excluding hydrogens is 542 g/mol. The topological polar surface area (TPSA) is 92.2 Å². The molecule has 4 rings (SSSR count). The van der Waals surface area contributed by atoms with Crippen molar-refractivity contribution in [3.8, 4) is 0 Å². The largest absolute Gasteiger partial charge is 0.416 e. The molecule has 216 valence electrons. The van der Waals surface area contributed by atoms with Gasteiger partial charge in [-0.05, 0) is 69.0 Å². The summed E-state index contributed by atoms with van der Waals surface area (Å²) in [4.78, 5) is 12.4. The second-order valence-corrected chi connectivity index (χ2v) is 10.2. The molecule has 4 atom stereocenters. The van der Waals surface area contributed by atoms with E-state index in [9.17, 15) is 36.2 Å². The third-order valence-electron chi connectivity index (χ3n) is 7.34. The average molecular weight is 571 g/mol. The van der Waals surface area contributed by atoms with Crippen LogP contribution in [-0.4, -0.2) is 39.1 Å². The van der Waals surface area contributed by atoms with Gasteiger partial charge in [-0.1, -0.05) is 18.2 Å². The van der Waals surface area contributed by atoms with Crippen molar-refractivity contribution in [2.75, 3.05) is 13.2 Å². The average Bonchev–Trinajstić information content (AvgIpc) is 3.33. The highest BCUT2D eigenvalue weighted by atomic mass is 19.4. The SMILES string of the molecule is C[C@H](O)C[C@]1(n2cn[nH]c2=O)CC[C@@](CO[C@H](C)c2cc(C(F)(F)F)cc(C(F)(F)F)c2)(c2c#cccc2)NC1. The smallest absolute Gasteiger partial charge is 0.393 e. The van der Waals surface area contributed by atoms with Crippen LogP contribution in [0.3, 0.4) is 0 Å². The quantitative estimate of drug-likeness (QED) is 0.341. The zero-order valence-electron chi connectivity index (χ0n) is 21.7. The minimum atomic E-state index is -4.98. The van der Waals surface area contributed by atoms with Crippen molar-refractivity contribution in [3.05, 3.63) is 87.6 Å². The molecule has 1 aliphatic rings.